The molecule has 0 spiro atoms. The highest BCUT2D eigenvalue weighted by Gasteiger charge is 2.13. The van der Waals surface area contributed by atoms with Gasteiger partial charge in [-0.15, -0.1) is 0 Å². The highest BCUT2D eigenvalue weighted by atomic mass is 16.6. The highest BCUT2D eigenvalue weighted by Crippen LogP contribution is 2.15. The molecular formula is C20H17N3O6. The van der Waals surface area contributed by atoms with Gasteiger partial charge in [-0.3, -0.25) is 24.7 Å². The molecule has 9 nitrogen and oxygen atoms in total. The Kier molecular flexibility index (Phi) is 6.31. The zero-order valence-corrected chi connectivity index (χ0v) is 15.3. The van der Waals surface area contributed by atoms with Gasteiger partial charge in [0.25, 0.3) is 5.43 Å². The number of carbonyl (C=O) groups excluding carboxylic acids is 1. The Labute approximate surface area is 165 Å². The number of rotatable bonds is 8. The van der Waals surface area contributed by atoms with Gasteiger partial charge in [0.1, 0.15) is 25.5 Å². The van der Waals surface area contributed by atoms with E-state index < -0.39 is 22.0 Å². The van der Waals surface area contributed by atoms with Gasteiger partial charge in [-0.1, -0.05) is 18.2 Å². The standard InChI is InChI=1S/C20H17N3O6/c24-19-7-9-22(11-18(19)23(26)27)12-20(25)29-13-15-3-5-17(6-4-15)28-14-16-2-1-8-21-10-16/h1-11H,12-14H2. The predicted octanol–water partition coefficient (Wildman–Crippen LogP) is 2.47. The third-order valence-corrected chi connectivity index (χ3v) is 3.92. The molecule has 3 rings (SSSR count). The van der Waals surface area contributed by atoms with Crippen molar-refractivity contribution < 1.29 is 19.2 Å². The lowest BCUT2D eigenvalue weighted by Gasteiger charge is -2.09. The topological polar surface area (TPSA) is 114 Å². The summed E-state index contributed by atoms with van der Waals surface area (Å²) in [5.41, 5.74) is 0.402. The van der Waals surface area contributed by atoms with E-state index in [0.29, 0.717) is 12.4 Å². The summed E-state index contributed by atoms with van der Waals surface area (Å²) in [5.74, 6) is 0.0874. The van der Waals surface area contributed by atoms with E-state index in [-0.39, 0.29) is 13.2 Å². The number of nitrogens with zero attached hydrogens (tertiary/aromatic N) is 3. The lowest BCUT2D eigenvalue weighted by Crippen LogP contribution is -2.16. The van der Waals surface area contributed by atoms with Crippen molar-refractivity contribution in [2.45, 2.75) is 19.8 Å². The van der Waals surface area contributed by atoms with Crippen molar-refractivity contribution in [3.63, 3.8) is 0 Å². The predicted molar refractivity (Wildman–Crippen MR) is 102 cm³/mol. The molecule has 148 valence electrons. The second kappa shape index (κ2) is 9.27. The van der Waals surface area contributed by atoms with Crippen LogP contribution in [0.25, 0.3) is 0 Å². The van der Waals surface area contributed by atoms with Gasteiger partial charge in [0.2, 0.25) is 0 Å². The van der Waals surface area contributed by atoms with Crippen molar-refractivity contribution in [3.05, 3.63) is 98.7 Å². The molecule has 0 atom stereocenters. The van der Waals surface area contributed by atoms with Crippen LogP contribution in [-0.2, 0) is 29.3 Å². The van der Waals surface area contributed by atoms with Crippen LogP contribution in [0.4, 0.5) is 5.69 Å². The van der Waals surface area contributed by atoms with Gasteiger partial charge in [0.15, 0.2) is 0 Å². The molecule has 1 aromatic carbocycles. The number of carbonyl (C=O) groups is 1. The van der Waals surface area contributed by atoms with E-state index >= 15 is 0 Å². The summed E-state index contributed by atoms with van der Waals surface area (Å²) in [7, 11) is 0. The maximum atomic E-state index is 12.0. The van der Waals surface area contributed by atoms with E-state index in [1.165, 1.54) is 10.8 Å². The van der Waals surface area contributed by atoms with E-state index in [9.17, 15) is 19.7 Å². The number of hydrogen-bond donors (Lipinski definition) is 0. The van der Waals surface area contributed by atoms with Gasteiger partial charge in [-0.25, -0.2) is 0 Å². The van der Waals surface area contributed by atoms with E-state index in [1.807, 2.05) is 12.1 Å². The van der Waals surface area contributed by atoms with Crippen LogP contribution < -0.4 is 10.2 Å². The summed E-state index contributed by atoms with van der Waals surface area (Å²) < 4.78 is 12.1. The second-order valence-corrected chi connectivity index (χ2v) is 6.08. The highest BCUT2D eigenvalue weighted by molar-refractivity contribution is 5.69. The normalized spacial score (nSPS) is 10.3. The molecule has 9 heteroatoms. The van der Waals surface area contributed by atoms with Gasteiger partial charge in [0.05, 0.1) is 11.1 Å². The maximum absolute atomic E-state index is 12.0. The molecule has 0 aliphatic heterocycles. The number of esters is 1. The van der Waals surface area contributed by atoms with Crippen LogP contribution in [0.1, 0.15) is 11.1 Å². The number of nitro groups is 1. The quantitative estimate of drug-likeness (QED) is 0.327. The maximum Gasteiger partial charge on any atom is 0.332 e. The molecule has 0 amide bonds. The molecule has 2 heterocycles. The van der Waals surface area contributed by atoms with Crippen molar-refractivity contribution >= 4 is 11.7 Å². The van der Waals surface area contributed by atoms with Crippen LogP contribution in [-0.4, -0.2) is 20.4 Å². The summed E-state index contributed by atoms with van der Waals surface area (Å²) in [6.45, 7) is 0.200. The Morgan fingerprint density at radius 3 is 2.59 bits per heavy atom. The number of ether oxygens (including phenoxy) is 2. The first-order chi connectivity index (χ1) is 14.0. The second-order valence-electron chi connectivity index (χ2n) is 6.08. The molecule has 0 unspecified atom stereocenters. The molecule has 0 aliphatic carbocycles. The Balaban J connectivity index is 1.49. The van der Waals surface area contributed by atoms with Gasteiger partial charge in [-0.05, 0) is 23.8 Å². The molecule has 3 aromatic rings. The largest absolute Gasteiger partial charge is 0.489 e. The van der Waals surface area contributed by atoms with Crippen molar-refractivity contribution in [3.8, 4) is 5.75 Å². The van der Waals surface area contributed by atoms with Crippen LogP contribution >= 0.6 is 0 Å². The SMILES string of the molecule is O=C(Cn1ccc(=O)c([N+](=O)[O-])c1)OCc1ccc(OCc2cccnc2)cc1. The molecule has 0 N–H and O–H groups in total. The first kappa shape index (κ1) is 19.7. The molecule has 29 heavy (non-hydrogen) atoms. The minimum atomic E-state index is -0.790. The van der Waals surface area contributed by atoms with E-state index in [1.54, 1.807) is 36.7 Å². The van der Waals surface area contributed by atoms with Crippen molar-refractivity contribution in [1.29, 1.82) is 0 Å². The molecule has 0 fully saturated rings. The Morgan fingerprint density at radius 1 is 1.10 bits per heavy atom. The average molecular weight is 395 g/mol. The fourth-order valence-electron chi connectivity index (χ4n) is 2.44. The molecule has 0 radical (unpaired) electrons. The molecular weight excluding hydrogens is 378 g/mol. The summed E-state index contributed by atoms with van der Waals surface area (Å²) in [6, 6.07) is 11.9. The van der Waals surface area contributed by atoms with Crippen LogP contribution in [0.2, 0.25) is 0 Å². The Bertz CT molecular complexity index is 1050. The molecule has 0 bridgehead atoms. The average Bonchev–Trinajstić information content (AvgIpc) is 2.73. The summed E-state index contributed by atoms with van der Waals surface area (Å²) in [5, 5.41) is 10.8. The fourth-order valence-corrected chi connectivity index (χ4v) is 2.44. The van der Waals surface area contributed by atoms with Crippen molar-refractivity contribution in [2.24, 2.45) is 0 Å². The van der Waals surface area contributed by atoms with Gasteiger partial charge in [-0.2, -0.15) is 0 Å². The summed E-state index contributed by atoms with van der Waals surface area (Å²) in [4.78, 5) is 37.4. The smallest absolute Gasteiger partial charge is 0.332 e. The van der Waals surface area contributed by atoms with Gasteiger partial charge in [0, 0.05) is 30.2 Å². The third kappa shape index (κ3) is 5.73. The zero-order valence-electron chi connectivity index (χ0n) is 15.3. The summed E-state index contributed by atoms with van der Waals surface area (Å²) in [6.07, 6.45) is 5.73. The molecule has 2 aromatic heterocycles. The number of pyridine rings is 2. The zero-order chi connectivity index (χ0) is 20.6. The fraction of sp³-hybridized carbons (Fsp3) is 0.150. The van der Waals surface area contributed by atoms with Crippen LogP contribution in [0.5, 0.6) is 5.75 Å². The van der Waals surface area contributed by atoms with Crippen molar-refractivity contribution in [2.75, 3.05) is 0 Å². The van der Waals surface area contributed by atoms with Crippen LogP contribution in [0, 0.1) is 10.1 Å². The minimum Gasteiger partial charge on any atom is -0.489 e. The third-order valence-electron chi connectivity index (χ3n) is 3.92. The Morgan fingerprint density at radius 2 is 1.90 bits per heavy atom. The first-order valence-electron chi connectivity index (χ1n) is 8.62. The lowest BCUT2D eigenvalue weighted by atomic mass is 10.2. The minimum absolute atomic E-state index is 0.0456. The molecule has 0 saturated heterocycles. The van der Waals surface area contributed by atoms with E-state index in [0.717, 1.165) is 23.4 Å². The number of aromatic nitrogens is 2. The van der Waals surface area contributed by atoms with E-state index in [2.05, 4.69) is 4.98 Å². The van der Waals surface area contributed by atoms with E-state index in [4.69, 9.17) is 9.47 Å². The van der Waals surface area contributed by atoms with Crippen LogP contribution in [0.3, 0.4) is 0 Å². The number of benzene rings is 1. The first-order valence-corrected chi connectivity index (χ1v) is 8.62. The number of hydrogen-bond acceptors (Lipinski definition) is 7. The monoisotopic (exact) mass is 395 g/mol. The molecule has 0 saturated carbocycles. The van der Waals surface area contributed by atoms with Crippen molar-refractivity contribution in [1.82, 2.24) is 9.55 Å². The lowest BCUT2D eigenvalue weighted by molar-refractivity contribution is -0.386. The van der Waals surface area contributed by atoms with Gasteiger partial charge < -0.3 is 14.0 Å². The van der Waals surface area contributed by atoms with Gasteiger partial charge >= 0.3 is 11.7 Å². The summed E-state index contributed by atoms with van der Waals surface area (Å²) >= 11 is 0. The molecule has 0 aliphatic rings. The Hall–Kier alpha value is -4.01. The van der Waals surface area contributed by atoms with Crippen LogP contribution in [0.15, 0.2) is 72.0 Å².